The normalized spacial score (nSPS) is 15.0. The van der Waals surface area contributed by atoms with Crippen LogP contribution in [0.25, 0.3) is 0 Å². The summed E-state index contributed by atoms with van der Waals surface area (Å²) in [6.07, 6.45) is 5.02. The van der Waals surface area contributed by atoms with Crippen LogP contribution in [0, 0.1) is 0 Å². The first-order chi connectivity index (χ1) is 14.3. The lowest BCUT2D eigenvalue weighted by molar-refractivity contribution is 0.0600. The second-order valence-electron chi connectivity index (χ2n) is 7.36. The van der Waals surface area contributed by atoms with Gasteiger partial charge in [-0.05, 0) is 55.3 Å². The van der Waals surface area contributed by atoms with Gasteiger partial charge in [0.15, 0.2) is 0 Å². The maximum Gasteiger partial charge on any atom is 0.337 e. The predicted molar refractivity (Wildman–Crippen MR) is 114 cm³/mol. The van der Waals surface area contributed by atoms with Gasteiger partial charge in [0.25, 0.3) is 5.91 Å². The van der Waals surface area contributed by atoms with Crippen molar-refractivity contribution < 1.29 is 22.7 Å². The Bertz CT molecular complexity index is 1010. The largest absolute Gasteiger partial charge is 0.465 e. The number of ether oxygens (including phenoxy) is 1. The Morgan fingerprint density at radius 2 is 1.63 bits per heavy atom. The van der Waals surface area contributed by atoms with E-state index in [-0.39, 0.29) is 16.5 Å². The van der Waals surface area contributed by atoms with Crippen molar-refractivity contribution >= 4 is 27.6 Å². The molecule has 2 aromatic carbocycles. The van der Waals surface area contributed by atoms with Crippen LogP contribution in [0.4, 0.5) is 5.69 Å². The smallest absolute Gasteiger partial charge is 0.337 e. The Labute approximate surface area is 177 Å². The van der Waals surface area contributed by atoms with Crippen molar-refractivity contribution in [3.8, 4) is 0 Å². The molecule has 0 bridgehead atoms. The second-order valence-corrected chi connectivity index (χ2v) is 9.36. The van der Waals surface area contributed by atoms with Crippen LogP contribution in [0.15, 0.2) is 53.4 Å². The SMILES string of the molecule is COC(=O)c1cccc(C(=O)Nc2ccc(S(=O)(=O)N(C)C3CCCCC3)cc2)c1. The third-order valence-corrected chi connectivity index (χ3v) is 7.35. The Morgan fingerprint density at radius 3 is 2.27 bits per heavy atom. The van der Waals surface area contributed by atoms with Gasteiger partial charge in [-0.3, -0.25) is 4.79 Å². The number of nitrogens with one attached hydrogen (secondary N) is 1. The highest BCUT2D eigenvalue weighted by atomic mass is 32.2. The molecule has 1 aliphatic carbocycles. The summed E-state index contributed by atoms with van der Waals surface area (Å²) in [7, 11) is -0.676. The highest BCUT2D eigenvalue weighted by Crippen LogP contribution is 2.27. The molecule has 0 heterocycles. The number of amides is 1. The number of anilines is 1. The molecule has 2 aromatic rings. The summed E-state index contributed by atoms with van der Waals surface area (Å²) in [5, 5.41) is 2.71. The Morgan fingerprint density at radius 1 is 1.00 bits per heavy atom. The summed E-state index contributed by atoms with van der Waals surface area (Å²) in [6.45, 7) is 0. The van der Waals surface area contributed by atoms with Crippen LogP contribution in [0.5, 0.6) is 0 Å². The Hall–Kier alpha value is -2.71. The number of benzene rings is 2. The second kappa shape index (κ2) is 9.40. The van der Waals surface area contributed by atoms with E-state index in [0.717, 1.165) is 32.1 Å². The third kappa shape index (κ3) is 4.88. The summed E-state index contributed by atoms with van der Waals surface area (Å²) in [5.41, 5.74) is 1.03. The molecule has 0 saturated heterocycles. The van der Waals surface area contributed by atoms with E-state index in [1.807, 2.05) is 0 Å². The van der Waals surface area contributed by atoms with Crippen LogP contribution in [0.3, 0.4) is 0 Å². The van der Waals surface area contributed by atoms with Crippen molar-refractivity contribution in [2.45, 2.75) is 43.0 Å². The van der Waals surface area contributed by atoms with Crippen LogP contribution in [0.1, 0.15) is 52.8 Å². The van der Waals surface area contributed by atoms with Crippen LogP contribution in [-0.2, 0) is 14.8 Å². The minimum absolute atomic E-state index is 0.0326. The van der Waals surface area contributed by atoms with Gasteiger partial charge in [0.2, 0.25) is 10.0 Å². The molecule has 0 aromatic heterocycles. The lowest BCUT2D eigenvalue weighted by atomic mass is 9.96. The Balaban J connectivity index is 1.71. The zero-order valence-corrected chi connectivity index (χ0v) is 17.9. The minimum Gasteiger partial charge on any atom is -0.465 e. The van der Waals surface area contributed by atoms with Crippen LogP contribution in [-0.4, -0.2) is 44.8 Å². The van der Waals surface area contributed by atoms with Gasteiger partial charge in [0, 0.05) is 24.3 Å². The van der Waals surface area contributed by atoms with Crippen molar-refractivity contribution in [3.05, 3.63) is 59.7 Å². The topological polar surface area (TPSA) is 92.8 Å². The standard InChI is InChI=1S/C22H26N2O5S/c1-24(19-9-4-3-5-10-19)30(27,28)20-13-11-18(12-14-20)23-21(25)16-7-6-8-17(15-16)22(26)29-2/h6-8,11-15,19H,3-5,9-10H2,1-2H3,(H,23,25). The van der Waals surface area contributed by atoms with E-state index in [2.05, 4.69) is 10.1 Å². The quantitative estimate of drug-likeness (QED) is 0.706. The molecule has 0 aliphatic heterocycles. The van der Waals surface area contributed by atoms with Gasteiger partial charge < -0.3 is 10.1 Å². The molecule has 3 rings (SSSR count). The fourth-order valence-corrected chi connectivity index (χ4v) is 5.04. The third-order valence-electron chi connectivity index (χ3n) is 5.42. The highest BCUT2D eigenvalue weighted by Gasteiger charge is 2.28. The average molecular weight is 431 g/mol. The number of hydrogen-bond donors (Lipinski definition) is 1. The molecule has 160 valence electrons. The molecule has 0 unspecified atom stereocenters. The summed E-state index contributed by atoms with van der Waals surface area (Å²) in [4.78, 5) is 24.3. The van der Waals surface area contributed by atoms with Crippen molar-refractivity contribution in [1.82, 2.24) is 4.31 Å². The lowest BCUT2D eigenvalue weighted by Crippen LogP contribution is -2.38. The van der Waals surface area contributed by atoms with Crippen LogP contribution >= 0.6 is 0 Å². The predicted octanol–water partition coefficient (Wildman–Crippen LogP) is 3.68. The van der Waals surface area contributed by atoms with E-state index in [9.17, 15) is 18.0 Å². The molecule has 0 radical (unpaired) electrons. The molecule has 0 atom stereocenters. The van der Waals surface area contributed by atoms with Gasteiger partial charge in [-0.2, -0.15) is 4.31 Å². The van der Waals surface area contributed by atoms with Gasteiger partial charge in [0.1, 0.15) is 0 Å². The molecule has 1 fully saturated rings. The maximum atomic E-state index is 12.9. The number of esters is 1. The molecule has 1 amide bonds. The number of carbonyl (C=O) groups excluding carboxylic acids is 2. The number of hydrogen-bond acceptors (Lipinski definition) is 5. The van der Waals surface area contributed by atoms with Crippen molar-refractivity contribution in [1.29, 1.82) is 0 Å². The monoisotopic (exact) mass is 430 g/mol. The number of rotatable bonds is 6. The number of carbonyl (C=O) groups is 2. The molecule has 1 N–H and O–H groups in total. The molecule has 8 heteroatoms. The van der Waals surface area contributed by atoms with E-state index in [4.69, 9.17) is 0 Å². The Kier molecular flexibility index (Phi) is 6.89. The van der Waals surface area contributed by atoms with Crippen molar-refractivity contribution in [2.24, 2.45) is 0 Å². The molecule has 7 nitrogen and oxygen atoms in total. The van der Waals surface area contributed by atoms with Gasteiger partial charge in [-0.15, -0.1) is 0 Å². The zero-order valence-electron chi connectivity index (χ0n) is 17.1. The fraction of sp³-hybridized carbons (Fsp3) is 0.364. The van der Waals surface area contributed by atoms with E-state index in [0.29, 0.717) is 11.3 Å². The maximum absolute atomic E-state index is 12.9. The first-order valence-electron chi connectivity index (χ1n) is 9.91. The molecule has 1 aliphatic rings. The highest BCUT2D eigenvalue weighted by molar-refractivity contribution is 7.89. The van der Waals surface area contributed by atoms with E-state index in [1.165, 1.54) is 29.6 Å². The van der Waals surface area contributed by atoms with Gasteiger partial charge >= 0.3 is 5.97 Å². The number of methoxy groups -OCH3 is 1. The molecule has 0 spiro atoms. The van der Waals surface area contributed by atoms with Gasteiger partial charge in [-0.1, -0.05) is 25.3 Å². The first-order valence-corrected chi connectivity index (χ1v) is 11.3. The van der Waals surface area contributed by atoms with Crippen molar-refractivity contribution in [3.63, 3.8) is 0 Å². The molecule has 30 heavy (non-hydrogen) atoms. The summed E-state index contributed by atoms with van der Waals surface area (Å²) in [6, 6.07) is 12.3. The van der Waals surface area contributed by atoms with Gasteiger partial charge in [0.05, 0.1) is 17.6 Å². The molecular formula is C22H26N2O5S. The zero-order chi connectivity index (χ0) is 21.7. The minimum atomic E-state index is -3.58. The van der Waals surface area contributed by atoms with E-state index in [1.54, 1.807) is 37.4 Å². The molecular weight excluding hydrogens is 404 g/mol. The van der Waals surface area contributed by atoms with Crippen LogP contribution in [0.2, 0.25) is 0 Å². The first kappa shape index (κ1) is 22.0. The fourth-order valence-electron chi connectivity index (χ4n) is 3.63. The lowest BCUT2D eigenvalue weighted by Gasteiger charge is -2.30. The number of sulfonamides is 1. The van der Waals surface area contributed by atoms with E-state index < -0.39 is 21.9 Å². The average Bonchev–Trinajstić information content (AvgIpc) is 2.79. The summed E-state index contributed by atoms with van der Waals surface area (Å²) < 4.78 is 32.0. The summed E-state index contributed by atoms with van der Waals surface area (Å²) in [5.74, 6) is -0.933. The van der Waals surface area contributed by atoms with Gasteiger partial charge in [-0.25, -0.2) is 13.2 Å². The van der Waals surface area contributed by atoms with Crippen LogP contribution < -0.4 is 5.32 Å². The van der Waals surface area contributed by atoms with E-state index >= 15 is 0 Å². The number of nitrogens with zero attached hydrogens (tertiary/aromatic N) is 1. The summed E-state index contributed by atoms with van der Waals surface area (Å²) >= 11 is 0. The molecule has 1 saturated carbocycles. The van der Waals surface area contributed by atoms with Crippen molar-refractivity contribution in [2.75, 3.05) is 19.5 Å².